The molecule has 2 fully saturated rings. The maximum atomic E-state index is 13.5. The van der Waals surface area contributed by atoms with E-state index in [0.29, 0.717) is 25.5 Å². The van der Waals surface area contributed by atoms with Gasteiger partial charge in [-0.3, -0.25) is 19.4 Å². The summed E-state index contributed by atoms with van der Waals surface area (Å²) < 4.78 is 4.76. The monoisotopic (exact) mass is 740 g/mol. The standard InChI is InChI=1S/C40H52N8O6/c1-23(2)34(45-33(50)22-49)38(51)47-18-6-8-31(47)36-41-20-29(43-36)27-14-10-25(11-15-27)26-12-16-28(17-13-26)30-21-42-37(44-30)32-9-7-19-48(32)39(52)35(24(3)4)46-40(53)54-5/h10-17,20,23-24,30-32,34-35,49H,6-9,18-19,21-22H2,1-5H3,(H,41,43)(H,42,44)(H,45,50)(H,46,53)/t30?,31-,32-,34-,35-/m0/s1. The van der Waals surface area contributed by atoms with Crippen molar-refractivity contribution < 1.29 is 29.0 Å². The molecule has 0 radical (unpaired) electrons. The van der Waals surface area contributed by atoms with Crippen LogP contribution in [0.1, 0.15) is 76.8 Å². The molecule has 3 aliphatic heterocycles. The Morgan fingerprint density at radius 1 is 0.833 bits per heavy atom. The number of imidazole rings is 1. The van der Waals surface area contributed by atoms with Crippen molar-refractivity contribution in [3.05, 3.63) is 66.1 Å². The average molecular weight is 741 g/mol. The predicted octanol–water partition coefficient (Wildman–Crippen LogP) is 3.95. The van der Waals surface area contributed by atoms with Gasteiger partial charge in [0.05, 0.1) is 43.7 Å². The Kier molecular flexibility index (Phi) is 12.0. The fourth-order valence-corrected chi connectivity index (χ4v) is 7.67. The molecule has 3 aliphatic rings. The lowest BCUT2D eigenvalue weighted by atomic mass is 9.99. The van der Waals surface area contributed by atoms with Gasteiger partial charge in [0.2, 0.25) is 17.7 Å². The minimum atomic E-state index is -0.719. The fourth-order valence-electron chi connectivity index (χ4n) is 7.67. The molecule has 14 heteroatoms. The first kappa shape index (κ1) is 38.5. The van der Waals surface area contributed by atoms with Crippen LogP contribution in [0.3, 0.4) is 0 Å². The lowest BCUT2D eigenvalue weighted by Crippen LogP contribution is -2.54. The number of aliphatic imine (C=N–C) groups is 1. The number of amidine groups is 1. The van der Waals surface area contributed by atoms with Crippen LogP contribution in [0, 0.1) is 11.8 Å². The minimum Gasteiger partial charge on any atom is -0.453 e. The Morgan fingerprint density at radius 3 is 1.98 bits per heavy atom. The smallest absolute Gasteiger partial charge is 0.407 e. The first-order chi connectivity index (χ1) is 26.0. The Bertz CT molecular complexity index is 1840. The number of nitrogens with zero attached hydrogens (tertiary/aromatic N) is 4. The van der Waals surface area contributed by atoms with Crippen LogP contribution in [0.5, 0.6) is 0 Å². The highest BCUT2D eigenvalue weighted by Gasteiger charge is 2.40. The van der Waals surface area contributed by atoms with Gasteiger partial charge in [-0.2, -0.15) is 0 Å². The number of carbonyl (C=O) groups is 4. The van der Waals surface area contributed by atoms with E-state index < -0.39 is 30.7 Å². The van der Waals surface area contributed by atoms with Crippen molar-refractivity contribution in [2.75, 3.05) is 33.4 Å². The molecule has 288 valence electrons. The molecule has 54 heavy (non-hydrogen) atoms. The number of methoxy groups -OCH3 is 1. The van der Waals surface area contributed by atoms with Crippen molar-refractivity contribution >= 4 is 29.7 Å². The molecule has 14 nitrogen and oxygen atoms in total. The summed E-state index contributed by atoms with van der Waals surface area (Å²) in [5.74, 6) is 0.439. The van der Waals surface area contributed by atoms with Crippen molar-refractivity contribution in [3.63, 3.8) is 0 Å². The highest BCUT2D eigenvalue weighted by atomic mass is 16.5. The largest absolute Gasteiger partial charge is 0.453 e. The van der Waals surface area contributed by atoms with Crippen LogP contribution >= 0.6 is 0 Å². The van der Waals surface area contributed by atoms with Gasteiger partial charge in [-0.15, -0.1) is 0 Å². The molecule has 0 saturated carbocycles. The number of hydrogen-bond donors (Lipinski definition) is 5. The van der Waals surface area contributed by atoms with Crippen molar-refractivity contribution in [3.8, 4) is 22.4 Å². The van der Waals surface area contributed by atoms with Crippen molar-refractivity contribution in [2.24, 2.45) is 16.8 Å². The third-order valence-corrected chi connectivity index (χ3v) is 10.7. The van der Waals surface area contributed by atoms with Crippen molar-refractivity contribution in [1.29, 1.82) is 0 Å². The van der Waals surface area contributed by atoms with E-state index >= 15 is 0 Å². The summed E-state index contributed by atoms with van der Waals surface area (Å²) in [4.78, 5) is 67.4. The Hall–Kier alpha value is -5.24. The molecule has 2 saturated heterocycles. The molecular weight excluding hydrogens is 688 g/mol. The number of likely N-dealkylation sites (tertiary alicyclic amines) is 2. The number of alkyl carbamates (subject to hydrolysis) is 1. The highest BCUT2D eigenvalue weighted by molar-refractivity contribution is 5.95. The zero-order chi connectivity index (χ0) is 38.5. The maximum absolute atomic E-state index is 13.5. The van der Waals surface area contributed by atoms with Gasteiger partial charge < -0.3 is 40.6 Å². The van der Waals surface area contributed by atoms with Crippen molar-refractivity contribution in [2.45, 2.75) is 83.6 Å². The van der Waals surface area contributed by atoms with Gasteiger partial charge in [-0.25, -0.2) is 9.78 Å². The number of hydrogen-bond acceptors (Lipinski definition) is 9. The van der Waals surface area contributed by atoms with Gasteiger partial charge >= 0.3 is 6.09 Å². The Balaban J connectivity index is 1.07. The second kappa shape index (κ2) is 16.8. The number of amides is 4. The molecule has 1 unspecified atom stereocenters. The van der Waals surface area contributed by atoms with Gasteiger partial charge in [0.1, 0.15) is 30.4 Å². The van der Waals surface area contributed by atoms with E-state index in [-0.39, 0.29) is 41.8 Å². The van der Waals surface area contributed by atoms with Crippen LogP contribution in [-0.4, -0.2) is 106 Å². The van der Waals surface area contributed by atoms with Gasteiger partial charge in [0.15, 0.2) is 0 Å². The summed E-state index contributed by atoms with van der Waals surface area (Å²) in [6.07, 6.45) is 4.46. The normalized spacial score (nSPS) is 20.8. The number of aromatic nitrogens is 2. The second-order valence-electron chi connectivity index (χ2n) is 15.0. The first-order valence-electron chi connectivity index (χ1n) is 18.9. The summed E-state index contributed by atoms with van der Waals surface area (Å²) in [6, 6.07) is 14.9. The third kappa shape index (κ3) is 8.28. The highest BCUT2D eigenvalue weighted by Crippen LogP contribution is 2.34. The Labute approximate surface area is 316 Å². The van der Waals surface area contributed by atoms with Gasteiger partial charge in [-0.05, 0) is 59.8 Å². The number of ether oxygens (including phenoxy) is 1. The molecule has 0 spiro atoms. The van der Waals surface area contributed by atoms with Gasteiger partial charge in [0.25, 0.3) is 0 Å². The summed E-state index contributed by atoms with van der Waals surface area (Å²) in [6.45, 7) is 8.67. The minimum absolute atomic E-state index is 0.000666. The fraction of sp³-hybridized carbons (Fsp3) is 0.500. The number of benzene rings is 2. The summed E-state index contributed by atoms with van der Waals surface area (Å²) in [5.41, 5.74) is 5.08. The van der Waals surface area contributed by atoms with Crippen LogP contribution in [-0.2, 0) is 19.1 Å². The molecule has 5 atom stereocenters. The second-order valence-corrected chi connectivity index (χ2v) is 15.0. The number of carbonyl (C=O) groups excluding carboxylic acids is 4. The lowest BCUT2D eigenvalue weighted by Gasteiger charge is -2.31. The molecule has 0 aliphatic carbocycles. The lowest BCUT2D eigenvalue weighted by molar-refractivity contribution is -0.139. The Morgan fingerprint density at radius 2 is 1.39 bits per heavy atom. The quantitative estimate of drug-likeness (QED) is 0.185. The van der Waals surface area contributed by atoms with E-state index in [4.69, 9.17) is 9.73 Å². The van der Waals surface area contributed by atoms with Gasteiger partial charge in [-0.1, -0.05) is 76.2 Å². The number of aromatic amines is 1. The molecule has 3 aromatic rings. The van der Waals surface area contributed by atoms with Crippen LogP contribution in [0.15, 0.2) is 59.7 Å². The molecule has 1 aromatic heterocycles. The van der Waals surface area contributed by atoms with E-state index in [1.807, 2.05) is 32.6 Å². The van der Waals surface area contributed by atoms with Crippen LogP contribution in [0.25, 0.3) is 22.4 Å². The zero-order valence-electron chi connectivity index (χ0n) is 31.7. The van der Waals surface area contributed by atoms with Crippen molar-refractivity contribution in [1.82, 2.24) is 35.7 Å². The molecule has 0 bridgehead atoms. The maximum Gasteiger partial charge on any atom is 0.407 e. The number of aliphatic hydroxyl groups excluding tert-OH is 1. The first-order valence-corrected chi connectivity index (χ1v) is 18.9. The number of aliphatic hydroxyl groups is 1. The number of rotatable bonds is 12. The number of nitrogens with one attached hydrogen (secondary N) is 4. The van der Waals surface area contributed by atoms with E-state index in [2.05, 4.69) is 74.4 Å². The summed E-state index contributed by atoms with van der Waals surface area (Å²) >= 11 is 0. The molecule has 4 heterocycles. The number of H-pyrrole nitrogens is 1. The molecule has 6 rings (SSSR count). The van der Waals surface area contributed by atoms with E-state index in [1.165, 1.54) is 7.11 Å². The van der Waals surface area contributed by atoms with Crippen LogP contribution < -0.4 is 16.0 Å². The average Bonchev–Trinajstić information content (AvgIpc) is 4.02. The predicted molar refractivity (Wildman–Crippen MR) is 204 cm³/mol. The van der Waals surface area contributed by atoms with E-state index in [1.54, 1.807) is 11.1 Å². The van der Waals surface area contributed by atoms with E-state index in [9.17, 15) is 24.3 Å². The SMILES string of the molecule is COC(=O)N[C@H](C(=O)N1CCC[C@H]1C1=NCC(c2ccc(-c3ccc(-c4cnc([C@@H]5CCCN5C(=O)[C@@H](NC(=O)CO)C(C)C)[nH]4)cc3)cc2)N1)C(C)C. The van der Waals surface area contributed by atoms with Crippen LogP contribution in [0.4, 0.5) is 4.79 Å². The third-order valence-electron chi connectivity index (χ3n) is 10.7. The van der Waals surface area contributed by atoms with Crippen LogP contribution in [0.2, 0.25) is 0 Å². The molecular formula is C40H52N8O6. The summed E-state index contributed by atoms with van der Waals surface area (Å²) in [5, 5.41) is 18.2. The zero-order valence-corrected chi connectivity index (χ0v) is 31.7. The van der Waals surface area contributed by atoms with Gasteiger partial charge in [0, 0.05) is 13.1 Å². The van der Waals surface area contributed by atoms with E-state index in [0.717, 1.165) is 59.5 Å². The molecule has 2 aromatic carbocycles. The topological polar surface area (TPSA) is 181 Å². The summed E-state index contributed by atoms with van der Waals surface area (Å²) in [7, 11) is 1.29. The molecule has 4 amide bonds. The molecule has 5 N–H and O–H groups in total.